The normalized spacial score (nSPS) is 27.1. The number of amides is 1. The number of ether oxygens (including phenoxy) is 1. The molecule has 0 aliphatic carbocycles. The number of carbonyl (C=O) groups is 1. The van der Waals surface area contributed by atoms with Crippen LogP contribution in [0.15, 0.2) is 0 Å². The first kappa shape index (κ1) is 12.5. The molecule has 2 N–H and O–H groups in total. The Hall–Kier alpha value is -0.610. The van der Waals surface area contributed by atoms with Crippen LogP contribution in [0.5, 0.6) is 0 Å². The molecule has 88 valence electrons. The lowest BCUT2D eigenvalue weighted by Gasteiger charge is -2.38. The smallest absolute Gasteiger partial charge is 0.223 e. The molecule has 0 bridgehead atoms. The highest BCUT2D eigenvalue weighted by atomic mass is 16.5. The summed E-state index contributed by atoms with van der Waals surface area (Å²) in [5, 5.41) is 0. The molecule has 1 rings (SSSR count). The highest BCUT2D eigenvalue weighted by Gasteiger charge is 2.28. The van der Waals surface area contributed by atoms with E-state index in [0.29, 0.717) is 32.0 Å². The molecule has 4 heteroatoms. The van der Waals surface area contributed by atoms with Gasteiger partial charge in [0.05, 0.1) is 18.8 Å². The van der Waals surface area contributed by atoms with Crippen LogP contribution in [0.3, 0.4) is 0 Å². The molecule has 0 aromatic heterocycles. The molecule has 0 aromatic rings. The summed E-state index contributed by atoms with van der Waals surface area (Å²) in [7, 11) is 0. The number of carbonyl (C=O) groups excluding carboxylic acids is 1. The minimum absolute atomic E-state index is 0.0114. The molecule has 15 heavy (non-hydrogen) atoms. The summed E-state index contributed by atoms with van der Waals surface area (Å²) >= 11 is 0. The predicted octanol–water partition coefficient (Wildman–Crippen LogP) is 0.607. The van der Waals surface area contributed by atoms with Crippen LogP contribution in [-0.2, 0) is 9.53 Å². The van der Waals surface area contributed by atoms with E-state index in [1.165, 1.54) is 0 Å². The van der Waals surface area contributed by atoms with Gasteiger partial charge >= 0.3 is 0 Å². The second-order valence-electron chi connectivity index (χ2n) is 4.68. The van der Waals surface area contributed by atoms with E-state index in [9.17, 15) is 4.79 Å². The Labute approximate surface area is 91.8 Å². The molecule has 1 saturated heterocycles. The predicted molar refractivity (Wildman–Crippen MR) is 59.4 cm³/mol. The van der Waals surface area contributed by atoms with Crippen molar-refractivity contribution in [2.75, 3.05) is 19.7 Å². The molecule has 1 fully saturated rings. The van der Waals surface area contributed by atoms with Crippen molar-refractivity contribution in [3.05, 3.63) is 0 Å². The van der Waals surface area contributed by atoms with Crippen molar-refractivity contribution >= 4 is 5.91 Å². The Morgan fingerprint density at radius 2 is 2.27 bits per heavy atom. The van der Waals surface area contributed by atoms with Crippen molar-refractivity contribution in [1.82, 2.24) is 4.90 Å². The molecule has 1 amide bonds. The Kier molecular flexibility index (Phi) is 4.54. The lowest BCUT2D eigenvalue weighted by Crippen LogP contribution is -2.53. The van der Waals surface area contributed by atoms with E-state index in [1.807, 2.05) is 11.8 Å². The monoisotopic (exact) mass is 214 g/mol. The van der Waals surface area contributed by atoms with E-state index < -0.39 is 0 Å². The molecule has 1 heterocycles. The van der Waals surface area contributed by atoms with Crippen LogP contribution in [0.25, 0.3) is 0 Å². The first-order valence-electron chi connectivity index (χ1n) is 5.65. The molecule has 2 atom stereocenters. The highest BCUT2D eigenvalue weighted by Crippen LogP contribution is 2.14. The van der Waals surface area contributed by atoms with Crippen LogP contribution in [0.2, 0.25) is 0 Å². The molecule has 0 radical (unpaired) electrons. The maximum Gasteiger partial charge on any atom is 0.223 e. The van der Waals surface area contributed by atoms with Crippen LogP contribution in [-0.4, -0.2) is 42.6 Å². The first-order valence-corrected chi connectivity index (χ1v) is 5.65. The van der Waals surface area contributed by atoms with Crippen molar-refractivity contribution in [1.29, 1.82) is 0 Å². The molecule has 1 aliphatic rings. The zero-order valence-electron chi connectivity index (χ0n) is 9.90. The van der Waals surface area contributed by atoms with E-state index in [4.69, 9.17) is 10.5 Å². The lowest BCUT2D eigenvalue weighted by molar-refractivity contribution is -0.144. The van der Waals surface area contributed by atoms with Gasteiger partial charge in [0.1, 0.15) is 0 Å². The second kappa shape index (κ2) is 5.47. The van der Waals surface area contributed by atoms with E-state index in [-0.39, 0.29) is 18.1 Å². The SMILES string of the molecule is CC(C)CC(=O)N1CC(CN)OCC1C. The summed E-state index contributed by atoms with van der Waals surface area (Å²) in [5.41, 5.74) is 5.55. The Bertz CT molecular complexity index is 219. The minimum atomic E-state index is 0.0114. The van der Waals surface area contributed by atoms with Crippen molar-refractivity contribution in [2.24, 2.45) is 11.7 Å². The molecule has 2 unspecified atom stereocenters. The second-order valence-corrected chi connectivity index (χ2v) is 4.68. The summed E-state index contributed by atoms with van der Waals surface area (Å²) in [6.07, 6.45) is 0.624. The fraction of sp³-hybridized carbons (Fsp3) is 0.909. The number of morpholine rings is 1. The van der Waals surface area contributed by atoms with Gasteiger partial charge in [-0.05, 0) is 12.8 Å². The van der Waals surface area contributed by atoms with Gasteiger partial charge in [-0.1, -0.05) is 13.8 Å². The molecular weight excluding hydrogens is 192 g/mol. The summed E-state index contributed by atoms with van der Waals surface area (Å²) < 4.78 is 5.51. The average molecular weight is 214 g/mol. The van der Waals surface area contributed by atoms with Gasteiger partial charge in [-0.3, -0.25) is 4.79 Å². The average Bonchev–Trinajstić information content (AvgIpc) is 2.17. The summed E-state index contributed by atoms with van der Waals surface area (Å²) in [6, 6.07) is 0.180. The van der Waals surface area contributed by atoms with E-state index >= 15 is 0 Å². The number of rotatable bonds is 3. The quantitative estimate of drug-likeness (QED) is 0.749. The van der Waals surface area contributed by atoms with Crippen LogP contribution in [0.4, 0.5) is 0 Å². The van der Waals surface area contributed by atoms with Crippen LogP contribution < -0.4 is 5.73 Å². The van der Waals surface area contributed by atoms with Gasteiger partial charge in [-0.15, -0.1) is 0 Å². The highest BCUT2D eigenvalue weighted by molar-refractivity contribution is 5.76. The summed E-state index contributed by atoms with van der Waals surface area (Å²) in [6.45, 7) is 7.87. The summed E-state index contributed by atoms with van der Waals surface area (Å²) in [4.78, 5) is 13.8. The zero-order valence-corrected chi connectivity index (χ0v) is 9.90. The number of hydrogen-bond donors (Lipinski definition) is 1. The molecule has 1 aliphatic heterocycles. The molecule has 4 nitrogen and oxygen atoms in total. The lowest BCUT2D eigenvalue weighted by atomic mass is 10.1. The Morgan fingerprint density at radius 3 is 2.80 bits per heavy atom. The van der Waals surface area contributed by atoms with Gasteiger partial charge in [0.15, 0.2) is 0 Å². The van der Waals surface area contributed by atoms with Gasteiger partial charge in [-0.25, -0.2) is 0 Å². The largest absolute Gasteiger partial charge is 0.373 e. The third kappa shape index (κ3) is 3.47. The Morgan fingerprint density at radius 1 is 1.60 bits per heavy atom. The molecular formula is C11H22N2O2. The standard InChI is InChI=1S/C11H22N2O2/c1-8(2)4-11(14)13-6-10(5-12)15-7-9(13)3/h8-10H,4-7,12H2,1-3H3. The number of nitrogens with zero attached hydrogens (tertiary/aromatic N) is 1. The molecule has 0 spiro atoms. The topological polar surface area (TPSA) is 55.6 Å². The van der Waals surface area contributed by atoms with E-state index in [2.05, 4.69) is 13.8 Å². The number of hydrogen-bond acceptors (Lipinski definition) is 3. The van der Waals surface area contributed by atoms with Crippen molar-refractivity contribution in [2.45, 2.75) is 39.3 Å². The van der Waals surface area contributed by atoms with Crippen LogP contribution in [0.1, 0.15) is 27.2 Å². The summed E-state index contributed by atoms with van der Waals surface area (Å²) in [5.74, 6) is 0.628. The zero-order chi connectivity index (χ0) is 11.4. The van der Waals surface area contributed by atoms with E-state index in [1.54, 1.807) is 0 Å². The van der Waals surface area contributed by atoms with Crippen molar-refractivity contribution in [3.8, 4) is 0 Å². The maximum atomic E-state index is 11.9. The van der Waals surface area contributed by atoms with E-state index in [0.717, 1.165) is 0 Å². The van der Waals surface area contributed by atoms with Gasteiger partial charge < -0.3 is 15.4 Å². The first-order chi connectivity index (χ1) is 7.04. The Balaban J connectivity index is 2.53. The molecule has 0 saturated carbocycles. The number of nitrogens with two attached hydrogens (primary N) is 1. The van der Waals surface area contributed by atoms with Crippen LogP contribution in [0, 0.1) is 5.92 Å². The van der Waals surface area contributed by atoms with Gasteiger partial charge in [0.25, 0.3) is 0 Å². The van der Waals surface area contributed by atoms with Crippen LogP contribution >= 0.6 is 0 Å². The third-order valence-electron chi connectivity index (χ3n) is 2.67. The maximum absolute atomic E-state index is 11.9. The minimum Gasteiger partial charge on any atom is -0.373 e. The van der Waals surface area contributed by atoms with Gasteiger partial charge in [0.2, 0.25) is 5.91 Å². The fourth-order valence-corrected chi connectivity index (χ4v) is 1.77. The van der Waals surface area contributed by atoms with Crippen molar-refractivity contribution < 1.29 is 9.53 Å². The fourth-order valence-electron chi connectivity index (χ4n) is 1.77. The molecule has 0 aromatic carbocycles. The van der Waals surface area contributed by atoms with Gasteiger partial charge in [0, 0.05) is 19.5 Å². The van der Waals surface area contributed by atoms with Crippen molar-refractivity contribution in [3.63, 3.8) is 0 Å². The van der Waals surface area contributed by atoms with Gasteiger partial charge in [-0.2, -0.15) is 0 Å². The third-order valence-corrected chi connectivity index (χ3v) is 2.67.